The maximum atomic E-state index is 13.7. The average molecular weight is 657 g/mol. The van der Waals surface area contributed by atoms with Gasteiger partial charge in [0.05, 0.1) is 17.8 Å². The van der Waals surface area contributed by atoms with Gasteiger partial charge < -0.3 is 34.2 Å². The number of aliphatic hydroxyl groups excluding tert-OH is 1. The largest absolute Gasteiger partial charge is 0.446 e. The van der Waals surface area contributed by atoms with Gasteiger partial charge in [-0.1, -0.05) is 34.6 Å². The first-order valence-corrected chi connectivity index (χ1v) is 19.0. The molecule has 8 aliphatic rings. The highest BCUT2D eigenvalue weighted by Crippen LogP contribution is 2.89. The predicted molar refractivity (Wildman–Crippen MR) is 175 cm³/mol. The zero-order valence-electron chi connectivity index (χ0n) is 29.9. The quantitative estimate of drug-likeness (QED) is 0.383. The molecule has 264 valence electrons. The molecule has 2 spiro atoms. The molecule has 0 aromatic heterocycles. The summed E-state index contributed by atoms with van der Waals surface area (Å²) in [6.45, 7) is 18.3. The SMILES string of the molecule is CC1CC([C@H](O)C(C)(C)O)OC2C1[C@@]1(C)CC[C@@]34C[C@@]35CCC(OC(=O)N3CCC3)C(C)(C)[C@@H]5CCC4[C@]1(C)[C@H]2OC(=O)N1CCC1. The fourth-order valence-electron chi connectivity index (χ4n) is 13.7. The standard InChI is InChI=1S/C38H60N2O7/c1-22-20-23(29(41)34(4,5)44)45-28-27(22)35(6)14-15-38-21-37(38)13-12-26(46-31(42)39-16-8-17-39)33(2,3)24(37)10-11-25(38)36(35,7)30(28)47-32(43)40-18-9-19-40/h22-30,41,44H,8-21H2,1-7H3/t22?,23?,24-,25?,26?,27?,28?,29-,30-,35+,36+,37+,38-/m0/s1. The number of amides is 2. The van der Waals surface area contributed by atoms with Crippen molar-refractivity contribution in [1.29, 1.82) is 0 Å². The summed E-state index contributed by atoms with van der Waals surface area (Å²) in [4.78, 5) is 30.3. The molecule has 3 saturated heterocycles. The van der Waals surface area contributed by atoms with Crippen LogP contribution in [0.25, 0.3) is 0 Å². The summed E-state index contributed by atoms with van der Waals surface area (Å²) in [5.41, 5.74) is -1.34. The number of rotatable bonds is 4. The molecular formula is C38H60N2O7. The highest BCUT2D eigenvalue weighted by atomic mass is 16.6. The van der Waals surface area contributed by atoms with Crippen molar-refractivity contribution in [2.45, 2.75) is 149 Å². The molecule has 13 atom stereocenters. The fourth-order valence-corrected chi connectivity index (χ4v) is 13.7. The molecule has 3 heterocycles. The molecule has 9 nitrogen and oxygen atoms in total. The second-order valence-corrected chi connectivity index (χ2v) is 19.1. The van der Waals surface area contributed by atoms with E-state index in [1.807, 2.05) is 9.80 Å². The minimum atomic E-state index is -1.29. The van der Waals surface area contributed by atoms with Gasteiger partial charge in [-0.05, 0) is 118 Å². The predicted octanol–water partition coefficient (Wildman–Crippen LogP) is 5.99. The molecule has 8 fully saturated rings. The molecular weight excluding hydrogens is 596 g/mol. The highest BCUT2D eigenvalue weighted by Gasteiger charge is 2.85. The van der Waals surface area contributed by atoms with E-state index in [1.165, 1.54) is 12.8 Å². The van der Waals surface area contributed by atoms with Crippen molar-refractivity contribution in [3.8, 4) is 0 Å². The van der Waals surface area contributed by atoms with Crippen LogP contribution in [0.5, 0.6) is 0 Å². The molecule has 0 bridgehead atoms. The van der Waals surface area contributed by atoms with Crippen LogP contribution in [0, 0.1) is 50.7 Å². The van der Waals surface area contributed by atoms with Gasteiger partial charge in [0.25, 0.3) is 0 Å². The molecule has 8 rings (SSSR count). The van der Waals surface area contributed by atoms with Crippen molar-refractivity contribution < 1.29 is 34.0 Å². The van der Waals surface area contributed by atoms with Crippen molar-refractivity contribution in [1.82, 2.24) is 9.80 Å². The monoisotopic (exact) mass is 656 g/mol. The summed E-state index contributed by atoms with van der Waals surface area (Å²) in [5, 5.41) is 22.0. The van der Waals surface area contributed by atoms with Gasteiger partial charge in [0.15, 0.2) is 0 Å². The lowest BCUT2D eigenvalue weighted by atomic mass is 9.41. The Morgan fingerprint density at radius 3 is 2.06 bits per heavy atom. The van der Waals surface area contributed by atoms with E-state index in [0.717, 1.165) is 71.1 Å². The van der Waals surface area contributed by atoms with Crippen LogP contribution in [0.15, 0.2) is 0 Å². The molecule has 3 aliphatic heterocycles. The van der Waals surface area contributed by atoms with Crippen LogP contribution < -0.4 is 0 Å². The third kappa shape index (κ3) is 4.17. The fraction of sp³-hybridized carbons (Fsp3) is 0.947. The molecule has 47 heavy (non-hydrogen) atoms. The molecule has 6 unspecified atom stereocenters. The minimum absolute atomic E-state index is 0.0576. The minimum Gasteiger partial charge on any atom is -0.446 e. The van der Waals surface area contributed by atoms with Gasteiger partial charge in [-0.3, -0.25) is 0 Å². The summed E-state index contributed by atoms with van der Waals surface area (Å²) in [6, 6.07) is 0. The van der Waals surface area contributed by atoms with E-state index in [9.17, 15) is 19.8 Å². The summed E-state index contributed by atoms with van der Waals surface area (Å²) >= 11 is 0. The van der Waals surface area contributed by atoms with Gasteiger partial charge >= 0.3 is 12.2 Å². The number of carbonyl (C=O) groups is 2. The molecule has 2 N–H and O–H groups in total. The van der Waals surface area contributed by atoms with E-state index >= 15 is 0 Å². The lowest BCUT2D eigenvalue weighted by molar-refractivity contribution is -0.203. The Morgan fingerprint density at radius 2 is 1.47 bits per heavy atom. The Kier molecular flexibility index (Phi) is 7.11. The molecule has 9 heteroatoms. The molecule has 0 aromatic carbocycles. The number of aliphatic hydroxyl groups is 2. The van der Waals surface area contributed by atoms with Crippen molar-refractivity contribution in [2.24, 2.45) is 50.7 Å². The first-order chi connectivity index (χ1) is 22.0. The van der Waals surface area contributed by atoms with E-state index in [4.69, 9.17) is 14.2 Å². The van der Waals surface area contributed by atoms with Crippen LogP contribution in [-0.2, 0) is 14.2 Å². The summed E-state index contributed by atoms with van der Waals surface area (Å²) in [7, 11) is 0. The van der Waals surface area contributed by atoms with Gasteiger partial charge in [0, 0.05) is 37.0 Å². The molecule has 5 saturated carbocycles. The van der Waals surface area contributed by atoms with Crippen LogP contribution in [0.4, 0.5) is 9.59 Å². The van der Waals surface area contributed by atoms with Gasteiger partial charge in [0.1, 0.15) is 18.3 Å². The maximum Gasteiger partial charge on any atom is 0.410 e. The Bertz CT molecular complexity index is 1310. The van der Waals surface area contributed by atoms with E-state index in [1.54, 1.807) is 13.8 Å². The summed E-state index contributed by atoms with van der Waals surface area (Å²) in [6.07, 6.45) is 7.73. The highest BCUT2D eigenvalue weighted by molar-refractivity contribution is 5.69. The molecule has 2 amide bonds. The van der Waals surface area contributed by atoms with Crippen LogP contribution in [-0.4, -0.2) is 94.5 Å². The topological polar surface area (TPSA) is 109 Å². The Hall–Kier alpha value is -1.58. The van der Waals surface area contributed by atoms with Gasteiger partial charge in [0.2, 0.25) is 0 Å². The number of ether oxygens (including phenoxy) is 3. The van der Waals surface area contributed by atoms with Crippen LogP contribution in [0.1, 0.15) is 113 Å². The van der Waals surface area contributed by atoms with Crippen LogP contribution in [0.3, 0.4) is 0 Å². The van der Waals surface area contributed by atoms with Crippen LogP contribution >= 0.6 is 0 Å². The number of likely N-dealkylation sites (tertiary alicyclic amines) is 2. The van der Waals surface area contributed by atoms with E-state index in [2.05, 4.69) is 34.6 Å². The van der Waals surface area contributed by atoms with Crippen molar-refractivity contribution in [3.05, 3.63) is 0 Å². The van der Waals surface area contributed by atoms with E-state index in [0.29, 0.717) is 18.3 Å². The van der Waals surface area contributed by atoms with Gasteiger partial charge in [-0.15, -0.1) is 0 Å². The summed E-state index contributed by atoms with van der Waals surface area (Å²) < 4.78 is 19.9. The maximum absolute atomic E-state index is 13.7. The first-order valence-electron chi connectivity index (χ1n) is 19.0. The second kappa shape index (κ2) is 10.2. The Balaban J connectivity index is 1.13. The molecule has 5 aliphatic carbocycles. The number of hydrogen-bond acceptors (Lipinski definition) is 7. The smallest absolute Gasteiger partial charge is 0.410 e. The van der Waals surface area contributed by atoms with Gasteiger partial charge in [-0.25, -0.2) is 9.59 Å². The summed E-state index contributed by atoms with van der Waals surface area (Å²) in [5.74, 6) is 1.34. The molecule has 0 radical (unpaired) electrons. The lowest BCUT2D eigenvalue weighted by Gasteiger charge is -2.63. The Labute approximate surface area is 281 Å². The third-order valence-electron chi connectivity index (χ3n) is 16.5. The number of fused-ring (bicyclic) bond motifs is 4. The van der Waals surface area contributed by atoms with E-state index in [-0.39, 0.29) is 63.3 Å². The zero-order valence-corrected chi connectivity index (χ0v) is 29.9. The number of carbonyl (C=O) groups excluding carboxylic acids is 2. The van der Waals surface area contributed by atoms with Gasteiger partial charge in [-0.2, -0.15) is 0 Å². The normalized spacial score (nSPS) is 49.9. The Morgan fingerprint density at radius 1 is 0.872 bits per heavy atom. The molecule has 0 aromatic rings. The third-order valence-corrected chi connectivity index (χ3v) is 16.5. The van der Waals surface area contributed by atoms with Crippen molar-refractivity contribution in [2.75, 3.05) is 26.2 Å². The van der Waals surface area contributed by atoms with Crippen molar-refractivity contribution in [3.63, 3.8) is 0 Å². The zero-order chi connectivity index (χ0) is 33.5. The van der Waals surface area contributed by atoms with Crippen molar-refractivity contribution >= 4 is 12.2 Å². The number of nitrogens with zero attached hydrogens (tertiary/aromatic N) is 2. The van der Waals surface area contributed by atoms with Crippen LogP contribution in [0.2, 0.25) is 0 Å². The second-order valence-electron chi connectivity index (χ2n) is 19.1. The first kappa shape index (κ1) is 32.6. The van der Waals surface area contributed by atoms with E-state index < -0.39 is 23.9 Å². The average Bonchev–Trinajstić information content (AvgIpc) is 3.55. The number of hydrogen-bond donors (Lipinski definition) is 2. The lowest BCUT2D eigenvalue weighted by Crippen LogP contribution is -2.61.